The highest BCUT2D eigenvalue weighted by Gasteiger charge is 2.24. The molecule has 5 rings (SSSR count). The summed E-state index contributed by atoms with van der Waals surface area (Å²) in [6.07, 6.45) is 9.09. The number of benzene rings is 1. The molecule has 31 heavy (non-hydrogen) atoms. The van der Waals surface area contributed by atoms with Crippen molar-refractivity contribution in [2.75, 3.05) is 31.2 Å². The van der Waals surface area contributed by atoms with Gasteiger partial charge in [-0.15, -0.1) is 0 Å². The number of hydrogen-bond donors (Lipinski definition) is 0. The third kappa shape index (κ3) is 4.77. The molecule has 0 radical (unpaired) electrons. The highest BCUT2D eigenvalue weighted by Crippen LogP contribution is 2.34. The SMILES string of the molecule is Cc1ccc(CC2CCC(Oc3cc(N4CCOCC4)cc4nccnc34)CC2)nn1. The number of rotatable bonds is 5. The third-order valence-electron chi connectivity index (χ3n) is 6.34. The van der Waals surface area contributed by atoms with Crippen molar-refractivity contribution in [3.8, 4) is 5.75 Å². The van der Waals surface area contributed by atoms with Crippen molar-refractivity contribution < 1.29 is 9.47 Å². The summed E-state index contributed by atoms with van der Waals surface area (Å²) in [5, 5.41) is 8.53. The molecular formula is C24H29N5O2. The van der Waals surface area contributed by atoms with Gasteiger partial charge in [-0.3, -0.25) is 4.98 Å². The number of nitrogens with zero attached hydrogens (tertiary/aromatic N) is 5. The number of ether oxygens (including phenoxy) is 2. The second-order valence-corrected chi connectivity index (χ2v) is 8.60. The first kappa shape index (κ1) is 20.1. The summed E-state index contributed by atoms with van der Waals surface area (Å²) in [4.78, 5) is 11.4. The van der Waals surface area contributed by atoms with Crippen LogP contribution < -0.4 is 9.64 Å². The van der Waals surface area contributed by atoms with Crippen LogP contribution in [-0.2, 0) is 11.2 Å². The van der Waals surface area contributed by atoms with Crippen LogP contribution in [0.4, 0.5) is 5.69 Å². The highest BCUT2D eigenvalue weighted by atomic mass is 16.5. The number of aryl methyl sites for hydroxylation is 1. The Morgan fingerprint density at radius 2 is 1.81 bits per heavy atom. The minimum absolute atomic E-state index is 0.213. The zero-order valence-corrected chi connectivity index (χ0v) is 18.0. The predicted octanol–water partition coefficient (Wildman–Crippen LogP) is 3.75. The smallest absolute Gasteiger partial charge is 0.149 e. The van der Waals surface area contributed by atoms with E-state index < -0.39 is 0 Å². The van der Waals surface area contributed by atoms with Gasteiger partial charge in [0.1, 0.15) is 11.3 Å². The standard InChI is InChI=1S/C24H29N5O2/c1-17-2-5-19(28-27-17)14-18-3-6-21(7-4-18)31-23-16-20(29-10-12-30-13-11-29)15-22-24(23)26-9-8-25-22/h2,5,8-9,15-16,18,21H,3-4,6-7,10-14H2,1H3. The predicted molar refractivity (Wildman–Crippen MR) is 119 cm³/mol. The van der Waals surface area contributed by atoms with Crippen molar-refractivity contribution in [2.45, 2.75) is 45.1 Å². The van der Waals surface area contributed by atoms with Gasteiger partial charge in [-0.05, 0) is 63.1 Å². The summed E-state index contributed by atoms with van der Waals surface area (Å²) in [5.41, 5.74) is 4.92. The zero-order valence-electron chi connectivity index (χ0n) is 18.0. The third-order valence-corrected chi connectivity index (χ3v) is 6.34. The minimum Gasteiger partial charge on any atom is -0.488 e. The summed E-state index contributed by atoms with van der Waals surface area (Å²) in [6.45, 7) is 5.26. The second-order valence-electron chi connectivity index (χ2n) is 8.60. The lowest BCUT2D eigenvalue weighted by atomic mass is 9.84. The molecule has 3 aromatic rings. The fourth-order valence-corrected chi connectivity index (χ4v) is 4.59. The van der Waals surface area contributed by atoms with Gasteiger partial charge >= 0.3 is 0 Å². The van der Waals surface area contributed by atoms with Gasteiger partial charge in [0.25, 0.3) is 0 Å². The Balaban J connectivity index is 1.27. The number of hydrogen-bond acceptors (Lipinski definition) is 7. The van der Waals surface area contributed by atoms with E-state index in [1.807, 2.05) is 13.0 Å². The van der Waals surface area contributed by atoms with E-state index in [-0.39, 0.29) is 6.10 Å². The average molecular weight is 420 g/mol. The van der Waals surface area contributed by atoms with E-state index in [0.717, 1.165) is 92.3 Å². The number of morpholine rings is 1. The Morgan fingerprint density at radius 3 is 2.58 bits per heavy atom. The number of aromatic nitrogens is 4. The summed E-state index contributed by atoms with van der Waals surface area (Å²) in [6, 6.07) is 8.40. The van der Waals surface area contributed by atoms with Crippen molar-refractivity contribution in [1.29, 1.82) is 0 Å². The number of fused-ring (bicyclic) bond motifs is 1. The number of anilines is 1. The van der Waals surface area contributed by atoms with E-state index >= 15 is 0 Å². The van der Waals surface area contributed by atoms with Crippen LogP contribution in [0.15, 0.2) is 36.7 Å². The van der Waals surface area contributed by atoms with Crippen molar-refractivity contribution >= 4 is 16.7 Å². The zero-order chi connectivity index (χ0) is 21.0. The topological polar surface area (TPSA) is 73.3 Å². The van der Waals surface area contributed by atoms with Crippen molar-refractivity contribution in [2.24, 2.45) is 5.92 Å². The van der Waals surface area contributed by atoms with Gasteiger partial charge in [0.05, 0.1) is 36.2 Å². The van der Waals surface area contributed by atoms with E-state index in [9.17, 15) is 0 Å². The first-order valence-electron chi connectivity index (χ1n) is 11.3. The summed E-state index contributed by atoms with van der Waals surface area (Å²) >= 11 is 0. The second kappa shape index (κ2) is 9.14. The molecule has 7 heteroatoms. The van der Waals surface area contributed by atoms with Crippen molar-refractivity contribution in [3.05, 3.63) is 48.0 Å². The summed E-state index contributed by atoms with van der Waals surface area (Å²) in [7, 11) is 0. The molecule has 0 amide bonds. The molecule has 0 spiro atoms. The Kier molecular flexibility index (Phi) is 5.93. The largest absolute Gasteiger partial charge is 0.488 e. The summed E-state index contributed by atoms with van der Waals surface area (Å²) in [5.74, 6) is 1.49. The van der Waals surface area contributed by atoms with Crippen LogP contribution in [0.25, 0.3) is 11.0 Å². The van der Waals surface area contributed by atoms with Crippen LogP contribution >= 0.6 is 0 Å². The van der Waals surface area contributed by atoms with Crippen molar-refractivity contribution in [1.82, 2.24) is 20.2 Å². The minimum atomic E-state index is 0.213. The first-order chi connectivity index (χ1) is 15.2. The lowest BCUT2D eigenvalue weighted by Gasteiger charge is -2.31. The van der Waals surface area contributed by atoms with Crippen molar-refractivity contribution in [3.63, 3.8) is 0 Å². The van der Waals surface area contributed by atoms with Crippen LogP contribution in [0.3, 0.4) is 0 Å². The molecule has 0 unspecified atom stereocenters. The quantitative estimate of drug-likeness (QED) is 0.624. The van der Waals surface area contributed by atoms with E-state index in [1.54, 1.807) is 12.4 Å². The molecule has 2 fully saturated rings. The molecule has 1 saturated carbocycles. The highest BCUT2D eigenvalue weighted by molar-refractivity contribution is 5.85. The van der Waals surface area contributed by atoms with E-state index in [2.05, 4.69) is 43.3 Å². The maximum absolute atomic E-state index is 6.53. The van der Waals surface area contributed by atoms with Gasteiger partial charge in [-0.1, -0.05) is 0 Å². The maximum Gasteiger partial charge on any atom is 0.149 e. The molecule has 162 valence electrons. The van der Waals surface area contributed by atoms with Crippen LogP contribution in [0.1, 0.15) is 37.1 Å². The van der Waals surface area contributed by atoms with Crippen LogP contribution in [0, 0.1) is 12.8 Å². The Morgan fingerprint density at radius 1 is 1.00 bits per heavy atom. The molecule has 1 aromatic carbocycles. The Hall–Kier alpha value is -2.80. The van der Waals surface area contributed by atoms with Gasteiger partial charge in [0.2, 0.25) is 0 Å². The van der Waals surface area contributed by atoms with Gasteiger partial charge < -0.3 is 14.4 Å². The average Bonchev–Trinajstić information content (AvgIpc) is 2.82. The van der Waals surface area contributed by atoms with Gasteiger partial charge in [0, 0.05) is 37.2 Å². The summed E-state index contributed by atoms with van der Waals surface area (Å²) < 4.78 is 12.0. The van der Waals surface area contributed by atoms with Gasteiger partial charge in [-0.25, -0.2) is 4.98 Å². The molecule has 0 bridgehead atoms. The van der Waals surface area contributed by atoms with E-state index in [4.69, 9.17) is 9.47 Å². The molecule has 1 saturated heterocycles. The fraction of sp³-hybridized carbons (Fsp3) is 0.500. The first-order valence-corrected chi connectivity index (χ1v) is 11.3. The lowest BCUT2D eigenvalue weighted by Crippen LogP contribution is -2.36. The van der Waals surface area contributed by atoms with Gasteiger partial charge in [-0.2, -0.15) is 10.2 Å². The monoisotopic (exact) mass is 419 g/mol. The van der Waals surface area contributed by atoms with Crippen LogP contribution in [0.2, 0.25) is 0 Å². The maximum atomic E-state index is 6.53. The molecule has 1 aliphatic heterocycles. The Bertz CT molecular complexity index is 1010. The van der Waals surface area contributed by atoms with Crippen LogP contribution in [0.5, 0.6) is 5.75 Å². The molecule has 0 atom stereocenters. The van der Waals surface area contributed by atoms with Gasteiger partial charge in [0.15, 0.2) is 0 Å². The molecule has 1 aliphatic carbocycles. The molecular weight excluding hydrogens is 390 g/mol. The normalized spacial score (nSPS) is 21.9. The fourth-order valence-electron chi connectivity index (χ4n) is 4.59. The van der Waals surface area contributed by atoms with E-state index in [0.29, 0.717) is 5.92 Å². The molecule has 0 N–H and O–H groups in total. The lowest BCUT2D eigenvalue weighted by molar-refractivity contribution is 0.122. The molecule has 2 aromatic heterocycles. The van der Waals surface area contributed by atoms with E-state index in [1.165, 1.54) is 0 Å². The van der Waals surface area contributed by atoms with Crippen LogP contribution in [-0.4, -0.2) is 52.6 Å². The molecule has 3 heterocycles. The molecule has 7 nitrogen and oxygen atoms in total. The molecule has 2 aliphatic rings. The Labute approximate surface area is 182 Å².